The van der Waals surface area contributed by atoms with E-state index in [9.17, 15) is 28.5 Å². The highest BCUT2D eigenvalue weighted by Gasteiger charge is 2.25. The number of ether oxygens (including phenoxy) is 1. The summed E-state index contributed by atoms with van der Waals surface area (Å²) in [7, 11) is 0. The number of anilines is 2. The fourth-order valence-corrected chi connectivity index (χ4v) is 4.10. The molecule has 2 aromatic carbocycles. The van der Waals surface area contributed by atoms with Crippen molar-refractivity contribution in [3.05, 3.63) is 58.1 Å². The van der Waals surface area contributed by atoms with Crippen molar-refractivity contribution in [1.82, 2.24) is 0 Å². The molecule has 176 valence electrons. The van der Waals surface area contributed by atoms with Gasteiger partial charge in [0.15, 0.2) is 6.61 Å². The summed E-state index contributed by atoms with van der Waals surface area (Å²) in [5, 5.41) is 14.1. The van der Waals surface area contributed by atoms with Crippen LogP contribution in [0.5, 0.6) is 0 Å². The standard InChI is InChI=1S/C22H23F2N3O5S/c1-14-3-2-10-26(12-14)18-9-4-15(11-19(18)27(30)31)21(29)32-13-20(28)25-16-5-7-17(8-6-16)33-22(23)24/h4-9,11,14,22H,2-3,10,12-13H2,1H3,(H,25,28)/t14-/m0/s1. The zero-order valence-electron chi connectivity index (χ0n) is 17.8. The average Bonchev–Trinajstić information content (AvgIpc) is 2.78. The first-order chi connectivity index (χ1) is 15.7. The Kier molecular flexibility index (Phi) is 8.21. The van der Waals surface area contributed by atoms with Crippen LogP contribution < -0.4 is 10.2 Å². The van der Waals surface area contributed by atoms with E-state index in [1.54, 1.807) is 0 Å². The van der Waals surface area contributed by atoms with Gasteiger partial charge in [-0.2, -0.15) is 8.78 Å². The van der Waals surface area contributed by atoms with Crippen LogP contribution in [0.15, 0.2) is 47.4 Å². The molecule has 1 saturated heterocycles. The van der Waals surface area contributed by atoms with E-state index in [-0.39, 0.29) is 11.3 Å². The van der Waals surface area contributed by atoms with Crippen molar-refractivity contribution in [2.75, 3.05) is 29.9 Å². The zero-order valence-corrected chi connectivity index (χ0v) is 18.6. The van der Waals surface area contributed by atoms with Crippen LogP contribution >= 0.6 is 11.8 Å². The monoisotopic (exact) mass is 479 g/mol. The lowest BCUT2D eigenvalue weighted by Gasteiger charge is -2.32. The molecule has 1 amide bonds. The molecule has 1 N–H and O–H groups in total. The second kappa shape index (κ2) is 11.1. The van der Waals surface area contributed by atoms with Crippen LogP contribution in [-0.4, -0.2) is 42.3 Å². The zero-order chi connectivity index (χ0) is 24.0. The smallest absolute Gasteiger partial charge is 0.338 e. The third-order valence-corrected chi connectivity index (χ3v) is 5.83. The topological polar surface area (TPSA) is 102 Å². The molecule has 0 aromatic heterocycles. The van der Waals surface area contributed by atoms with Gasteiger partial charge in [0, 0.05) is 29.7 Å². The van der Waals surface area contributed by atoms with Gasteiger partial charge in [-0.15, -0.1) is 0 Å². The Morgan fingerprint density at radius 2 is 2.00 bits per heavy atom. The van der Waals surface area contributed by atoms with E-state index in [1.165, 1.54) is 36.4 Å². The fourth-order valence-electron chi connectivity index (χ4n) is 3.60. The Balaban J connectivity index is 1.59. The molecule has 0 radical (unpaired) electrons. The maximum atomic E-state index is 12.4. The van der Waals surface area contributed by atoms with Gasteiger partial charge < -0.3 is 15.0 Å². The lowest BCUT2D eigenvalue weighted by Crippen LogP contribution is -2.34. The van der Waals surface area contributed by atoms with E-state index in [0.29, 0.717) is 47.0 Å². The SMILES string of the molecule is C[C@H]1CCCN(c2ccc(C(=O)OCC(=O)Nc3ccc(SC(F)F)cc3)cc2[N+](=O)[O-])C1. The molecule has 0 unspecified atom stereocenters. The van der Waals surface area contributed by atoms with Crippen LogP contribution in [0.3, 0.4) is 0 Å². The summed E-state index contributed by atoms with van der Waals surface area (Å²) in [5.74, 6) is -3.62. The first-order valence-corrected chi connectivity index (χ1v) is 11.2. The third-order valence-electron chi connectivity index (χ3n) is 5.10. The van der Waals surface area contributed by atoms with E-state index in [4.69, 9.17) is 4.74 Å². The quantitative estimate of drug-likeness (QED) is 0.248. The number of esters is 1. The van der Waals surface area contributed by atoms with Gasteiger partial charge in [0.05, 0.1) is 10.5 Å². The molecule has 8 nitrogen and oxygen atoms in total. The van der Waals surface area contributed by atoms with Crippen molar-refractivity contribution in [2.24, 2.45) is 5.92 Å². The number of rotatable bonds is 8. The van der Waals surface area contributed by atoms with E-state index in [2.05, 4.69) is 12.2 Å². The Morgan fingerprint density at radius 1 is 1.27 bits per heavy atom. The Hall–Kier alpha value is -3.21. The molecule has 1 heterocycles. The molecule has 2 aromatic rings. The molecule has 0 bridgehead atoms. The lowest BCUT2D eigenvalue weighted by atomic mass is 9.99. The van der Waals surface area contributed by atoms with Crippen molar-refractivity contribution >= 4 is 40.7 Å². The number of alkyl halides is 2. The minimum absolute atomic E-state index is 0.0308. The fraction of sp³-hybridized carbons (Fsp3) is 0.364. The molecule has 0 saturated carbocycles. The minimum atomic E-state index is -2.54. The molecule has 1 atom stereocenters. The number of hydrogen-bond acceptors (Lipinski definition) is 7. The van der Waals surface area contributed by atoms with Gasteiger partial charge in [0.25, 0.3) is 17.4 Å². The molecule has 1 aliphatic heterocycles. The van der Waals surface area contributed by atoms with E-state index in [1.807, 2.05) is 4.90 Å². The van der Waals surface area contributed by atoms with Crippen molar-refractivity contribution < 1.29 is 28.0 Å². The molecule has 33 heavy (non-hydrogen) atoms. The third kappa shape index (κ3) is 6.88. The molecule has 0 aliphatic carbocycles. The summed E-state index contributed by atoms with van der Waals surface area (Å²) in [6, 6.07) is 9.91. The Bertz CT molecular complexity index is 1020. The van der Waals surface area contributed by atoms with Crippen LogP contribution in [0.1, 0.15) is 30.1 Å². The predicted molar refractivity (Wildman–Crippen MR) is 121 cm³/mol. The van der Waals surface area contributed by atoms with Crippen LogP contribution in [0.4, 0.5) is 25.8 Å². The van der Waals surface area contributed by atoms with Gasteiger partial charge in [0.1, 0.15) is 5.69 Å². The van der Waals surface area contributed by atoms with Crippen LogP contribution in [0.2, 0.25) is 0 Å². The normalized spacial score (nSPS) is 15.9. The van der Waals surface area contributed by atoms with Gasteiger partial charge in [-0.1, -0.05) is 18.7 Å². The van der Waals surface area contributed by atoms with Gasteiger partial charge in [-0.3, -0.25) is 14.9 Å². The molecule has 3 rings (SSSR count). The van der Waals surface area contributed by atoms with Crippen molar-refractivity contribution in [3.63, 3.8) is 0 Å². The number of amides is 1. The predicted octanol–water partition coefficient (Wildman–Crippen LogP) is 4.94. The van der Waals surface area contributed by atoms with Gasteiger partial charge >= 0.3 is 5.97 Å². The second-order valence-corrected chi connectivity index (χ2v) is 8.74. The number of carbonyl (C=O) groups excluding carboxylic acids is 2. The van der Waals surface area contributed by atoms with Gasteiger partial charge in [0.2, 0.25) is 0 Å². The van der Waals surface area contributed by atoms with Crippen molar-refractivity contribution in [1.29, 1.82) is 0 Å². The average molecular weight is 480 g/mol. The molecule has 11 heteroatoms. The highest BCUT2D eigenvalue weighted by molar-refractivity contribution is 7.99. The number of benzene rings is 2. The molecular weight excluding hydrogens is 456 g/mol. The highest BCUT2D eigenvalue weighted by atomic mass is 32.2. The van der Waals surface area contributed by atoms with Gasteiger partial charge in [-0.05, 0) is 55.2 Å². The van der Waals surface area contributed by atoms with Crippen LogP contribution in [0, 0.1) is 16.0 Å². The number of halogens is 2. The summed E-state index contributed by atoms with van der Waals surface area (Å²) >= 11 is 0.385. The number of carbonyl (C=O) groups is 2. The molecule has 1 aliphatic rings. The maximum absolute atomic E-state index is 12.4. The molecule has 0 spiro atoms. The summed E-state index contributed by atoms with van der Waals surface area (Å²) in [6.45, 7) is 2.89. The number of piperidine rings is 1. The largest absolute Gasteiger partial charge is 0.452 e. The first-order valence-electron chi connectivity index (χ1n) is 10.3. The minimum Gasteiger partial charge on any atom is -0.452 e. The number of nitrogens with zero attached hydrogens (tertiary/aromatic N) is 2. The number of nitro groups is 1. The van der Waals surface area contributed by atoms with Gasteiger partial charge in [-0.25, -0.2) is 4.79 Å². The Morgan fingerprint density at radius 3 is 2.64 bits per heavy atom. The summed E-state index contributed by atoms with van der Waals surface area (Å²) in [6.07, 6.45) is 2.00. The number of thioether (sulfide) groups is 1. The van der Waals surface area contributed by atoms with Crippen molar-refractivity contribution in [3.8, 4) is 0 Å². The number of nitrogens with one attached hydrogen (secondary N) is 1. The second-order valence-electron chi connectivity index (χ2n) is 7.68. The summed E-state index contributed by atoms with van der Waals surface area (Å²) in [5.41, 5.74) is 0.584. The van der Waals surface area contributed by atoms with E-state index < -0.39 is 29.2 Å². The Labute approximate surface area is 193 Å². The number of nitro benzene ring substituents is 1. The lowest BCUT2D eigenvalue weighted by molar-refractivity contribution is -0.384. The maximum Gasteiger partial charge on any atom is 0.338 e. The summed E-state index contributed by atoms with van der Waals surface area (Å²) < 4.78 is 29.7. The summed E-state index contributed by atoms with van der Waals surface area (Å²) in [4.78, 5) is 37.7. The van der Waals surface area contributed by atoms with Crippen LogP contribution in [0.25, 0.3) is 0 Å². The molecular formula is C22H23F2N3O5S. The molecule has 1 fully saturated rings. The highest BCUT2D eigenvalue weighted by Crippen LogP contribution is 2.32. The van der Waals surface area contributed by atoms with Crippen molar-refractivity contribution in [2.45, 2.75) is 30.4 Å². The van der Waals surface area contributed by atoms with E-state index >= 15 is 0 Å². The first kappa shape index (κ1) is 24.4. The van der Waals surface area contributed by atoms with Crippen LogP contribution in [-0.2, 0) is 9.53 Å². The number of hydrogen-bond donors (Lipinski definition) is 1. The van der Waals surface area contributed by atoms with E-state index in [0.717, 1.165) is 18.9 Å².